The van der Waals surface area contributed by atoms with Crippen molar-refractivity contribution in [3.63, 3.8) is 0 Å². The van der Waals surface area contributed by atoms with Crippen LogP contribution < -0.4 is 5.32 Å². The number of carbonyl (C=O) groups is 3. The normalized spacial score (nSPS) is 12.8. The third-order valence-corrected chi connectivity index (χ3v) is 5.12. The number of hydrogen-bond donors (Lipinski definition) is 1. The number of benzene rings is 3. The Balaban J connectivity index is 0.00000272. The molecule has 0 fully saturated rings. The second-order valence-electron chi connectivity index (χ2n) is 7.30. The van der Waals surface area contributed by atoms with Crippen LogP contribution in [0.5, 0.6) is 0 Å². The molecule has 6 heteroatoms. The quantitative estimate of drug-likeness (QED) is 0.653. The van der Waals surface area contributed by atoms with Gasteiger partial charge in [-0.25, -0.2) is 4.39 Å². The van der Waals surface area contributed by atoms with Gasteiger partial charge in [-0.3, -0.25) is 19.3 Å². The summed E-state index contributed by atoms with van der Waals surface area (Å²) in [5, 5.41) is 2.79. The first kappa shape index (κ1) is 19.5. The van der Waals surface area contributed by atoms with E-state index in [0.717, 1.165) is 10.5 Å². The van der Waals surface area contributed by atoms with Crippen molar-refractivity contribution in [2.75, 3.05) is 12.4 Å². The van der Waals surface area contributed by atoms with Gasteiger partial charge in [0.25, 0.3) is 11.8 Å². The Hall–Kier alpha value is -3.80. The molecule has 0 saturated carbocycles. The largest absolute Gasteiger partial charge is 0.326 e. The van der Waals surface area contributed by atoms with Gasteiger partial charge in [0.1, 0.15) is 5.82 Å². The van der Waals surface area contributed by atoms with Gasteiger partial charge in [0.15, 0.2) is 0 Å². The van der Waals surface area contributed by atoms with Gasteiger partial charge >= 0.3 is 0 Å². The molecule has 30 heavy (non-hydrogen) atoms. The van der Waals surface area contributed by atoms with Gasteiger partial charge < -0.3 is 5.32 Å². The van der Waals surface area contributed by atoms with E-state index in [-0.39, 0.29) is 31.0 Å². The first-order valence-corrected chi connectivity index (χ1v) is 9.46. The highest BCUT2D eigenvalue weighted by Crippen LogP contribution is 2.28. The molecule has 1 aliphatic heterocycles. The molecule has 0 spiro atoms. The molecule has 3 aromatic carbocycles. The first-order valence-electron chi connectivity index (χ1n) is 9.46. The Morgan fingerprint density at radius 1 is 1.00 bits per heavy atom. The summed E-state index contributed by atoms with van der Waals surface area (Å²) in [6, 6.07) is 16.8. The third-order valence-electron chi connectivity index (χ3n) is 5.12. The van der Waals surface area contributed by atoms with Gasteiger partial charge in [-0.2, -0.15) is 0 Å². The van der Waals surface area contributed by atoms with Gasteiger partial charge in [-0.15, -0.1) is 0 Å². The summed E-state index contributed by atoms with van der Waals surface area (Å²) in [5.74, 6) is -1.38. The summed E-state index contributed by atoms with van der Waals surface area (Å²) in [6.07, 6.45) is -0.0358. The second kappa shape index (κ2) is 7.55. The van der Waals surface area contributed by atoms with Crippen LogP contribution in [-0.2, 0) is 11.2 Å². The number of amides is 3. The summed E-state index contributed by atoms with van der Waals surface area (Å²) in [4.78, 5) is 38.3. The maximum atomic E-state index is 13.9. The molecule has 0 saturated heterocycles. The third kappa shape index (κ3) is 3.48. The maximum absolute atomic E-state index is 13.9. The van der Waals surface area contributed by atoms with Gasteiger partial charge in [0.05, 0.1) is 17.5 Å². The number of aryl methyl sites for hydroxylation is 1. The SMILES string of the molecule is Cc1cc(CC(=O)Nc2ccc(-c3ccccc3F)cc2)c2c(c1)C(=O)N(C)C2=O.[HH]. The van der Waals surface area contributed by atoms with Crippen LogP contribution in [0.4, 0.5) is 10.1 Å². The predicted molar refractivity (Wildman–Crippen MR) is 114 cm³/mol. The Morgan fingerprint density at radius 2 is 1.70 bits per heavy atom. The number of carbonyl (C=O) groups excluding carboxylic acids is 3. The van der Waals surface area contributed by atoms with Crippen molar-refractivity contribution in [3.05, 3.63) is 88.7 Å². The Morgan fingerprint density at radius 3 is 2.40 bits per heavy atom. The highest BCUT2D eigenvalue weighted by molar-refractivity contribution is 6.22. The van der Waals surface area contributed by atoms with Crippen LogP contribution >= 0.6 is 0 Å². The van der Waals surface area contributed by atoms with Crippen LogP contribution in [0, 0.1) is 12.7 Å². The van der Waals surface area contributed by atoms with Crippen molar-refractivity contribution in [3.8, 4) is 11.1 Å². The monoisotopic (exact) mass is 404 g/mol. The number of imide groups is 1. The van der Waals surface area contributed by atoms with E-state index >= 15 is 0 Å². The molecule has 0 aromatic heterocycles. The van der Waals surface area contributed by atoms with Gasteiger partial charge in [0, 0.05) is 19.7 Å². The summed E-state index contributed by atoms with van der Waals surface area (Å²) < 4.78 is 13.9. The zero-order valence-electron chi connectivity index (χ0n) is 16.5. The zero-order chi connectivity index (χ0) is 21.4. The lowest BCUT2D eigenvalue weighted by Gasteiger charge is -2.10. The molecule has 3 aromatic rings. The maximum Gasteiger partial charge on any atom is 0.261 e. The van der Waals surface area contributed by atoms with Crippen LogP contribution in [0.2, 0.25) is 0 Å². The lowest BCUT2D eigenvalue weighted by molar-refractivity contribution is -0.115. The minimum atomic E-state index is -0.396. The zero-order valence-corrected chi connectivity index (χ0v) is 16.5. The fourth-order valence-electron chi connectivity index (χ4n) is 3.67. The van der Waals surface area contributed by atoms with Crippen molar-refractivity contribution < 1.29 is 20.2 Å². The fraction of sp³-hybridized carbons (Fsp3) is 0.125. The minimum absolute atomic E-state index is 0. The molecule has 5 nitrogen and oxygen atoms in total. The minimum Gasteiger partial charge on any atom is -0.326 e. The summed E-state index contributed by atoms with van der Waals surface area (Å²) >= 11 is 0. The molecule has 152 valence electrons. The standard InChI is InChI=1S/C24H19FN2O3.H2/c1-14-11-16(22-19(12-14)23(29)27(2)24(22)30)13-21(28)26-17-9-7-15(8-10-17)18-5-3-4-6-20(18)25;/h3-12H,13H2,1-2H3,(H,26,28);1H. The number of rotatable bonds is 4. The average Bonchev–Trinajstić information content (AvgIpc) is 2.93. The lowest BCUT2D eigenvalue weighted by atomic mass is 9.97. The molecule has 0 bridgehead atoms. The molecule has 1 aliphatic rings. The average molecular weight is 404 g/mol. The molecule has 0 unspecified atom stereocenters. The molecular formula is C24H21FN2O3. The molecule has 4 rings (SSSR count). The van der Waals surface area contributed by atoms with E-state index in [1.807, 2.05) is 6.92 Å². The van der Waals surface area contributed by atoms with Crippen molar-refractivity contribution in [2.24, 2.45) is 0 Å². The van der Waals surface area contributed by atoms with Gasteiger partial charge in [-0.05, 0) is 47.9 Å². The Kier molecular flexibility index (Phi) is 4.91. The number of fused-ring (bicyclic) bond motifs is 1. The van der Waals surface area contributed by atoms with Crippen molar-refractivity contribution in [1.82, 2.24) is 4.90 Å². The molecule has 1 heterocycles. The highest BCUT2D eigenvalue weighted by atomic mass is 19.1. The smallest absolute Gasteiger partial charge is 0.261 e. The highest BCUT2D eigenvalue weighted by Gasteiger charge is 2.35. The molecular weight excluding hydrogens is 383 g/mol. The lowest BCUT2D eigenvalue weighted by Crippen LogP contribution is -2.24. The van der Waals surface area contributed by atoms with Crippen molar-refractivity contribution in [1.29, 1.82) is 0 Å². The first-order chi connectivity index (χ1) is 14.3. The second-order valence-corrected chi connectivity index (χ2v) is 7.30. The van der Waals surface area contributed by atoms with E-state index < -0.39 is 5.91 Å². The number of anilines is 1. The Bertz CT molecular complexity index is 1190. The van der Waals surface area contributed by atoms with Crippen LogP contribution in [0.15, 0.2) is 60.7 Å². The predicted octanol–water partition coefficient (Wildman–Crippen LogP) is 4.45. The van der Waals surface area contributed by atoms with Crippen LogP contribution in [-0.4, -0.2) is 29.7 Å². The molecule has 0 radical (unpaired) electrons. The van der Waals surface area contributed by atoms with E-state index in [9.17, 15) is 18.8 Å². The Labute approximate surface area is 174 Å². The molecule has 0 atom stereocenters. The van der Waals surface area contributed by atoms with Crippen LogP contribution in [0.3, 0.4) is 0 Å². The number of nitrogens with one attached hydrogen (secondary N) is 1. The molecule has 1 N–H and O–H groups in total. The van der Waals surface area contributed by atoms with Gasteiger partial charge in [0.2, 0.25) is 5.91 Å². The molecule has 0 aliphatic carbocycles. The van der Waals surface area contributed by atoms with E-state index in [0.29, 0.717) is 27.9 Å². The number of halogens is 1. The van der Waals surface area contributed by atoms with Crippen molar-refractivity contribution >= 4 is 23.4 Å². The number of hydrogen-bond acceptors (Lipinski definition) is 3. The fourth-order valence-corrected chi connectivity index (χ4v) is 3.67. The summed E-state index contributed by atoms with van der Waals surface area (Å²) in [5.41, 5.74) is 3.70. The summed E-state index contributed by atoms with van der Waals surface area (Å²) in [7, 11) is 1.43. The molecule has 3 amide bonds. The van der Waals surface area contributed by atoms with Crippen LogP contribution in [0.25, 0.3) is 11.1 Å². The van der Waals surface area contributed by atoms with E-state index in [2.05, 4.69) is 5.32 Å². The van der Waals surface area contributed by atoms with Crippen LogP contribution in [0.1, 0.15) is 33.3 Å². The van der Waals surface area contributed by atoms with E-state index in [1.165, 1.54) is 13.1 Å². The number of nitrogens with zero attached hydrogens (tertiary/aromatic N) is 1. The van der Waals surface area contributed by atoms with E-state index in [4.69, 9.17) is 0 Å². The topological polar surface area (TPSA) is 66.5 Å². The van der Waals surface area contributed by atoms with Crippen molar-refractivity contribution in [2.45, 2.75) is 13.3 Å². The van der Waals surface area contributed by atoms with Gasteiger partial charge in [-0.1, -0.05) is 36.4 Å². The van der Waals surface area contributed by atoms with E-state index in [1.54, 1.807) is 54.6 Å². The summed E-state index contributed by atoms with van der Waals surface area (Å²) in [6.45, 7) is 1.82.